The minimum absolute atomic E-state index is 0.102. The van der Waals surface area contributed by atoms with Crippen molar-refractivity contribution in [2.45, 2.75) is 64.6 Å². The Morgan fingerprint density at radius 2 is 2.25 bits per heavy atom. The molecule has 1 amide bonds. The molecule has 1 heterocycles. The minimum atomic E-state index is 0.102. The maximum atomic E-state index is 12.0. The molecule has 0 aromatic carbocycles. The molecule has 2 unspecified atom stereocenters. The maximum Gasteiger partial charge on any atom is 0.240 e. The van der Waals surface area contributed by atoms with Gasteiger partial charge in [0.05, 0.1) is 0 Å². The number of aryl methyl sites for hydroxylation is 1. The van der Waals surface area contributed by atoms with Gasteiger partial charge in [-0.3, -0.25) is 4.79 Å². The zero-order chi connectivity index (χ0) is 14.5. The fourth-order valence-corrected chi connectivity index (χ4v) is 2.90. The lowest BCUT2D eigenvalue weighted by molar-refractivity contribution is -0.122. The van der Waals surface area contributed by atoms with E-state index in [1.54, 1.807) is 0 Å². The van der Waals surface area contributed by atoms with Gasteiger partial charge in [-0.2, -0.15) is 0 Å². The third kappa shape index (κ3) is 3.63. The number of hydrogen-bond donors (Lipinski definition) is 2. The number of nitrogens with one attached hydrogen (secondary N) is 2. The molecule has 112 valence electrons. The molecule has 1 aromatic rings. The molecule has 0 radical (unpaired) electrons. The van der Waals surface area contributed by atoms with Gasteiger partial charge in [0.2, 0.25) is 5.91 Å². The molecular formula is C16H27N3O. The molecular weight excluding hydrogens is 250 g/mol. The van der Waals surface area contributed by atoms with Crippen molar-refractivity contribution in [1.29, 1.82) is 0 Å². The van der Waals surface area contributed by atoms with Crippen molar-refractivity contribution >= 4 is 5.91 Å². The molecule has 0 fully saturated rings. The van der Waals surface area contributed by atoms with E-state index in [1.807, 2.05) is 18.5 Å². The summed E-state index contributed by atoms with van der Waals surface area (Å²) in [7, 11) is 2.02. The van der Waals surface area contributed by atoms with Crippen LogP contribution in [0.3, 0.4) is 0 Å². The number of rotatable bonds is 5. The number of aromatic nitrogens is 1. The second kappa shape index (κ2) is 6.93. The van der Waals surface area contributed by atoms with Gasteiger partial charge >= 0.3 is 0 Å². The average molecular weight is 277 g/mol. The highest BCUT2D eigenvalue weighted by Crippen LogP contribution is 2.29. The van der Waals surface area contributed by atoms with Gasteiger partial charge in [-0.15, -0.1) is 0 Å². The van der Waals surface area contributed by atoms with E-state index in [1.165, 1.54) is 30.4 Å². The van der Waals surface area contributed by atoms with Crippen molar-refractivity contribution < 1.29 is 4.79 Å². The second-order valence-corrected chi connectivity index (χ2v) is 5.87. The van der Waals surface area contributed by atoms with Gasteiger partial charge in [-0.25, -0.2) is 0 Å². The van der Waals surface area contributed by atoms with Crippen LogP contribution < -0.4 is 10.6 Å². The van der Waals surface area contributed by atoms with Crippen LogP contribution in [0.5, 0.6) is 0 Å². The lowest BCUT2D eigenvalue weighted by atomic mass is 10.1. The van der Waals surface area contributed by atoms with Crippen molar-refractivity contribution in [2.75, 3.05) is 7.05 Å². The van der Waals surface area contributed by atoms with Crippen molar-refractivity contribution in [3.05, 3.63) is 23.5 Å². The van der Waals surface area contributed by atoms with Crippen LogP contribution in [0.2, 0.25) is 0 Å². The summed E-state index contributed by atoms with van der Waals surface area (Å²) in [4.78, 5) is 12.0. The van der Waals surface area contributed by atoms with E-state index in [4.69, 9.17) is 0 Å². The van der Waals surface area contributed by atoms with Crippen molar-refractivity contribution in [3.8, 4) is 0 Å². The van der Waals surface area contributed by atoms with E-state index in [2.05, 4.69) is 30.0 Å². The summed E-state index contributed by atoms with van der Waals surface area (Å²) in [6.45, 7) is 4.55. The predicted octanol–water partition coefficient (Wildman–Crippen LogP) is 2.39. The number of amides is 1. The summed E-state index contributed by atoms with van der Waals surface area (Å²) in [6, 6.07) is 0.687. The van der Waals surface area contributed by atoms with Crippen LogP contribution >= 0.6 is 0 Å². The highest BCUT2D eigenvalue weighted by Gasteiger charge is 2.19. The van der Waals surface area contributed by atoms with Crippen LogP contribution in [0.15, 0.2) is 12.4 Å². The highest BCUT2D eigenvalue weighted by molar-refractivity contribution is 5.76. The molecule has 20 heavy (non-hydrogen) atoms. The number of fused-ring (bicyclic) bond motifs is 1. The quantitative estimate of drug-likeness (QED) is 0.812. The Bertz CT molecular complexity index is 453. The highest BCUT2D eigenvalue weighted by atomic mass is 16.2. The molecule has 0 spiro atoms. The Hall–Kier alpha value is -1.29. The SMILES string of the molecule is CCC(C)NC(=O)Cn1cc2c(c1)C(NC)CCCC2. The van der Waals surface area contributed by atoms with E-state index >= 15 is 0 Å². The van der Waals surface area contributed by atoms with Crippen molar-refractivity contribution in [3.63, 3.8) is 0 Å². The zero-order valence-electron chi connectivity index (χ0n) is 12.9. The molecule has 4 heteroatoms. The normalized spacial score (nSPS) is 20.1. The number of hydrogen-bond acceptors (Lipinski definition) is 2. The fraction of sp³-hybridized carbons (Fsp3) is 0.688. The summed E-state index contributed by atoms with van der Waals surface area (Å²) in [6.07, 6.45) is 10.1. The van der Waals surface area contributed by atoms with Crippen LogP contribution in [0, 0.1) is 0 Å². The van der Waals surface area contributed by atoms with Gasteiger partial charge < -0.3 is 15.2 Å². The van der Waals surface area contributed by atoms with Gasteiger partial charge in [0.25, 0.3) is 0 Å². The van der Waals surface area contributed by atoms with Gasteiger partial charge in [0.1, 0.15) is 6.54 Å². The molecule has 1 aliphatic carbocycles. The van der Waals surface area contributed by atoms with Gasteiger partial charge in [0, 0.05) is 24.5 Å². The average Bonchev–Trinajstić information content (AvgIpc) is 2.71. The molecule has 0 aliphatic heterocycles. The maximum absolute atomic E-state index is 12.0. The van der Waals surface area contributed by atoms with Crippen LogP contribution in [0.4, 0.5) is 0 Å². The first-order chi connectivity index (χ1) is 9.63. The standard InChI is InChI=1S/C16H27N3O/c1-4-12(2)18-16(20)11-19-9-13-7-5-6-8-15(17-3)14(13)10-19/h9-10,12,15,17H,4-8,11H2,1-3H3,(H,18,20). The Morgan fingerprint density at radius 1 is 1.45 bits per heavy atom. The summed E-state index contributed by atoms with van der Waals surface area (Å²) in [5.74, 6) is 0.102. The Morgan fingerprint density at radius 3 is 2.95 bits per heavy atom. The van der Waals surface area contributed by atoms with Crippen LogP contribution in [-0.2, 0) is 17.8 Å². The van der Waals surface area contributed by atoms with Crippen LogP contribution in [0.25, 0.3) is 0 Å². The molecule has 2 N–H and O–H groups in total. The van der Waals surface area contributed by atoms with Crippen molar-refractivity contribution in [2.24, 2.45) is 0 Å². The first-order valence-electron chi connectivity index (χ1n) is 7.79. The molecule has 1 aromatic heterocycles. The first kappa shape index (κ1) is 15.1. The van der Waals surface area contributed by atoms with E-state index in [-0.39, 0.29) is 11.9 Å². The molecule has 2 atom stereocenters. The largest absolute Gasteiger partial charge is 0.352 e. The van der Waals surface area contributed by atoms with Crippen LogP contribution in [-0.4, -0.2) is 23.6 Å². The Labute approximate surface area is 121 Å². The number of nitrogens with zero attached hydrogens (tertiary/aromatic N) is 1. The lowest BCUT2D eigenvalue weighted by Crippen LogP contribution is -2.34. The van der Waals surface area contributed by atoms with Gasteiger partial charge in [-0.05, 0) is 50.8 Å². The van der Waals surface area contributed by atoms with Crippen molar-refractivity contribution in [1.82, 2.24) is 15.2 Å². The monoisotopic (exact) mass is 277 g/mol. The summed E-state index contributed by atoms with van der Waals surface area (Å²) in [5.41, 5.74) is 2.78. The third-order valence-corrected chi connectivity index (χ3v) is 4.26. The number of carbonyl (C=O) groups excluding carboxylic acids is 1. The smallest absolute Gasteiger partial charge is 0.240 e. The summed E-state index contributed by atoms with van der Waals surface area (Å²) >= 11 is 0. The molecule has 0 saturated heterocycles. The van der Waals surface area contributed by atoms with Crippen LogP contribution in [0.1, 0.15) is 56.7 Å². The van der Waals surface area contributed by atoms with E-state index in [0.29, 0.717) is 12.6 Å². The minimum Gasteiger partial charge on any atom is -0.352 e. The predicted molar refractivity (Wildman–Crippen MR) is 81.7 cm³/mol. The summed E-state index contributed by atoms with van der Waals surface area (Å²) in [5, 5.41) is 6.41. The molecule has 0 bridgehead atoms. The first-order valence-corrected chi connectivity index (χ1v) is 7.79. The second-order valence-electron chi connectivity index (χ2n) is 5.87. The third-order valence-electron chi connectivity index (χ3n) is 4.26. The number of carbonyl (C=O) groups is 1. The van der Waals surface area contributed by atoms with E-state index in [0.717, 1.165) is 12.8 Å². The van der Waals surface area contributed by atoms with Gasteiger partial charge in [0.15, 0.2) is 0 Å². The molecule has 0 saturated carbocycles. The fourth-order valence-electron chi connectivity index (χ4n) is 2.90. The summed E-state index contributed by atoms with van der Waals surface area (Å²) < 4.78 is 2.04. The Balaban J connectivity index is 2.05. The molecule has 4 nitrogen and oxygen atoms in total. The molecule has 2 rings (SSSR count). The van der Waals surface area contributed by atoms with E-state index in [9.17, 15) is 4.79 Å². The van der Waals surface area contributed by atoms with E-state index < -0.39 is 0 Å². The van der Waals surface area contributed by atoms with Gasteiger partial charge in [-0.1, -0.05) is 13.3 Å². The lowest BCUT2D eigenvalue weighted by Gasteiger charge is -2.14. The molecule has 1 aliphatic rings. The zero-order valence-corrected chi connectivity index (χ0v) is 12.9. The Kier molecular flexibility index (Phi) is 5.24. The topological polar surface area (TPSA) is 46.1 Å².